The highest BCUT2D eigenvalue weighted by Gasteiger charge is 2.07. The standard InChI is InChI=1S/C8H14O3/c1-4-6-11-8(9)7(3)10-5-2/h3-6H2,1-2H3. The van der Waals surface area contributed by atoms with Crippen molar-refractivity contribution in [2.75, 3.05) is 13.2 Å². The van der Waals surface area contributed by atoms with Gasteiger partial charge < -0.3 is 9.47 Å². The smallest absolute Gasteiger partial charge is 0.372 e. The maximum absolute atomic E-state index is 10.8. The maximum Gasteiger partial charge on any atom is 0.372 e. The van der Waals surface area contributed by atoms with E-state index in [1.807, 2.05) is 6.92 Å². The van der Waals surface area contributed by atoms with Gasteiger partial charge in [0.1, 0.15) is 0 Å². The van der Waals surface area contributed by atoms with Crippen LogP contribution in [-0.4, -0.2) is 19.2 Å². The van der Waals surface area contributed by atoms with Crippen molar-refractivity contribution in [1.29, 1.82) is 0 Å². The average Bonchev–Trinajstić information content (AvgIpc) is 2.00. The van der Waals surface area contributed by atoms with Crippen LogP contribution >= 0.6 is 0 Å². The molecule has 0 spiro atoms. The van der Waals surface area contributed by atoms with E-state index in [1.165, 1.54) is 0 Å². The number of rotatable bonds is 5. The van der Waals surface area contributed by atoms with E-state index in [1.54, 1.807) is 6.92 Å². The highest BCUT2D eigenvalue weighted by molar-refractivity contribution is 5.85. The molecule has 0 unspecified atom stereocenters. The van der Waals surface area contributed by atoms with E-state index in [0.29, 0.717) is 13.2 Å². The molecule has 0 heterocycles. The summed E-state index contributed by atoms with van der Waals surface area (Å²) >= 11 is 0. The molecule has 0 fully saturated rings. The zero-order chi connectivity index (χ0) is 8.69. The molecule has 0 aliphatic rings. The Morgan fingerprint density at radius 3 is 2.45 bits per heavy atom. The number of esters is 1. The normalized spacial score (nSPS) is 8.91. The largest absolute Gasteiger partial charge is 0.487 e. The van der Waals surface area contributed by atoms with Crippen LogP contribution in [0.5, 0.6) is 0 Å². The van der Waals surface area contributed by atoms with E-state index >= 15 is 0 Å². The number of hydrogen-bond acceptors (Lipinski definition) is 3. The molecular formula is C8H14O3. The molecule has 0 aromatic heterocycles. The average molecular weight is 158 g/mol. The fourth-order valence-corrected chi connectivity index (χ4v) is 0.508. The molecule has 0 saturated heterocycles. The quantitative estimate of drug-likeness (QED) is 0.345. The Kier molecular flexibility index (Phi) is 5.25. The molecule has 11 heavy (non-hydrogen) atoms. The van der Waals surface area contributed by atoms with Crippen molar-refractivity contribution in [1.82, 2.24) is 0 Å². The first kappa shape index (κ1) is 10.0. The molecule has 0 bridgehead atoms. The first-order chi connectivity index (χ1) is 5.22. The van der Waals surface area contributed by atoms with Gasteiger partial charge in [-0.25, -0.2) is 4.79 Å². The molecular weight excluding hydrogens is 144 g/mol. The number of ether oxygens (including phenoxy) is 2. The Morgan fingerprint density at radius 2 is 2.00 bits per heavy atom. The van der Waals surface area contributed by atoms with Crippen LogP contribution < -0.4 is 0 Å². The van der Waals surface area contributed by atoms with Crippen LogP contribution in [0, 0.1) is 0 Å². The van der Waals surface area contributed by atoms with Crippen molar-refractivity contribution >= 4 is 5.97 Å². The minimum absolute atomic E-state index is 0.0842. The minimum Gasteiger partial charge on any atom is -0.487 e. The molecule has 0 aliphatic carbocycles. The SMILES string of the molecule is C=C(OCC)C(=O)OCCC. The van der Waals surface area contributed by atoms with Gasteiger partial charge in [0.2, 0.25) is 0 Å². The monoisotopic (exact) mass is 158 g/mol. The molecule has 0 aromatic rings. The van der Waals surface area contributed by atoms with Crippen LogP contribution in [0.4, 0.5) is 0 Å². The van der Waals surface area contributed by atoms with Gasteiger partial charge in [-0.2, -0.15) is 0 Å². The van der Waals surface area contributed by atoms with Gasteiger partial charge in [-0.15, -0.1) is 0 Å². The summed E-state index contributed by atoms with van der Waals surface area (Å²) < 4.78 is 9.57. The van der Waals surface area contributed by atoms with Gasteiger partial charge in [-0.1, -0.05) is 6.92 Å². The summed E-state index contributed by atoms with van der Waals surface area (Å²) in [5.41, 5.74) is 0. The predicted molar refractivity (Wildman–Crippen MR) is 42.0 cm³/mol. The second-order valence-corrected chi connectivity index (χ2v) is 1.99. The predicted octanol–water partition coefficient (Wildman–Crippen LogP) is 1.49. The molecule has 0 amide bonds. The molecule has 0 aliphatic heterocycles. The maximum atomic E-state index is 10.8. The van der Waals surface area contributed by atoms with Crippen molar-refractivity contribution in [3.05, 3.63) is 12.3 Å². The first-order valence-corrected chi connectivity index (χ1v) is 3.71. The number of hydrogen-bond donors (Lipinski definition) is 0. The lowest BCUT2D eigenvalue weighted by Gasteiger charge is -2.05. The van der Waals surface area contributed by atoms with Gasteiger partial charge >= 0.3 is 5.97 Å². The number of carbonyl (C=O) groups excluding carboxylic acids is 1. The van der Waals surface area contributed by atoms with E-state index < -0.39 is 5.97 Å². The highest BCUT2D eigenvalue weighted by atomic mass is 16.6. The van der Waals surface area contributed by atoms with Gasteiger partial charge in [0.05, 0.1) is 13.2 Å². The van der Waals surface area contributed by atoms with Gasteiger partial charge in [-0.3, -0.25) is 0 Å². The fourth-order valence-electron chi connectivity index (χ4n) is 0.508. The molecule has 64 valence electrons. The van der Waals surface area contributed by atoms with Crippen LogP contribution in [0.25, 0.3) is 0 Å². The van der Waals surface area contributed by atoms with E-state index in [4.69, 9.17) is 9.47 Å². The highest BCUT2D eigenvalue weighted by Crippen LogP contribution is 1.96. The summed E-state index contributed by atoms with van der Waals surface area (Å²) in [7, 11) is 0. The summed E-state index contributed by atoms with van der Waals surface area (Å²) in [5.74, 6) is -0.380. The van der Waals surface area contributed by atoms with Crippen molar-refractivity contribution in [2.45, 2.75) is 20.3 Å². The van der Waals surface area contributed by atoms with Crippen LogP contribution in [0.3, 0.4) is 0 Å². The lowest BCUT2D eigenvalue weighted by atomic mass is 10.5. The summed E-state index contributed by atoms with van der Waals surface area (Å²) in [6.45, 7) is 7.98. The Hall–Kier alpha value is -0.990. The summed E-state index contributed by atoms with van der Waals surface area (Å²) in [6, 6.07) is 0. The Balaban J connectivity index is 3.56. The third kappa shape index (κ3) is 4.42. The van der Waals surface area contributed by atoms with Crippen molar-refractivity contribution in [2.24, 2.45) is 0 Å². The number of carbonyl (C=O) groups is 1. The molecule has 3 heteroatoms. The molecule has 0 saturated carbocycles. The van der Waals surface area contributed by atoms with Crippen molar-refractivity contribution in [3.63, 3.8) is 0 Å². The topological polar surface area (TPSA) is 35.5 Å². The summed E-state index contributed by atoms with van der Waals surface area (Å²) in [4.78, 5) is 10.8. The van der Waals surface area contributed by atoms with Crippen LogP contribution in [0.15, 0.2) is 12.3 Å². The lowest BCUT2D eigenvalue weighted by molar-refractivity contribution is -0.143. The van der Waals surface area contributed by atoms with E-state index in [-0.39, 0.29) is 5.76 Å². The van der Waals surface area contributed by atoms with Gasteiger partial charge in [0.15, 0.2) is 5.76 Å². The van der Waals surface area contributed by atoms with Crippen molar-refractivity contribution in [3.8, 4) is 0 Å². The molecule has 0 rings (SSSR count). The minimum atomic E-state index is -0.464. The molecule has 0 radical (unpaired) electrons. The summed E-state index contributed by atoms with van der Waals surface area (Å²) in [6.07, 6.45) is 0.811. The zero-order valence-corrected chi connectivity index (χ0v) is 7.05. The van der Waals surface area contributed by atoms with Crippen LogP contribution in [0.2, 0.25) is 0 Å². The Morgan fingerprint density at radius 1 is 1.36 bits per heavy atom. The van der Waals surface area contributed by atoms with Crippen molar-refractivity contribution < 1.29 is 14.3 Å². The molecule has 0 aromatic carbocycles. The van der Waals surface area contributed by atoms with Crippen LogP contribution in [0.1, 0.15) is 20.3 Å². The third-order valence-corrected chi connectivity index (χ3v) is 0.984. The third-order valence-electron chi connectivity index (χ3n) is 0.984. The van der Waals surface area contributed by atoms with Crippen LogP contribution in [-0.2, 0) is 14.3 Å². The zero-order valence-electron chi connectivity index (χ0n) is 7.05. The molecule has 0 atom stereocenters. The Labute approximate surface area is 67.0 Å². The lowest BCUT2D eigenvalue weighted by Crippen LogP contribution is -2.10. The first-order valence-electron chi connectivity index (χ1n) is 3.71. The fraction of sp³-hybridized carbons (Fsp3) is 0.625. The van der Waals surface area contributed by atoms with E-state index in [9.17, 15) is 4.79 Å². The second-order valence-electron chi connectivity index (χ2n) is 1.99. The Bertz CT molecular complexity index is 140. The van der Waals surface area contributed by atoms with E-state index in [0.717, 1.165) is 6.42 Å². The summed E-state index contributed by atoms with van der Waals surface area (Å²) in [5, 5.41) is 0. The van der Waals surface area contributed by atoms with Gasteiger partial charge in [-0.05, 0) is 19.9 Å². The van der Waals surface area contributed by atoms with Gasteiger partial charge in [0, 0.05) is 0 Å². The second kappa shape index (κ2) is 5.77. The molecule has 0 N–H and O–H groups in total. The van der Waals surface area contributed by atoms with E-state index in [2.05, 4.69) is 6.58 Å². The molecule has 3 nitrogen and oxygen atoms in total. The van der Waals surface area contributed by atoms with Gasteiger partial charge in [0.25, 0.3) is 0 Å².